The molecule has 1 heterocycles. The Hall–Kier alpha value is -1.71. The molecule has 0 fully saturated rings. The highest BCUT2D eigenvalue weighted by atomic mass is 79.9. The van der Waals surface area contributed by atoms with Gasteiger partial charge in [-0.2, -0.15) is 0 Å². The summed E-state index contributed by atoms with van der Waals surface area (Å²) in [5, 5.41) is 0. The molecule has 1 aliphatic rings. The molecule has 3 rings (SSSR count). The number of fused-ring (bicyclic) bond motifs is 1. The maximum absolute atomic E-state index is 12.7. The minimum absolute atomic E-state index is 0.220. The van der Waals surface area contributed by atoms with Crippen LogP contribution in [0, 0.1) is 0 Å². The second-order valence-electron chi connectivity index (χ2n) is 6.68. The van der Waals surface area contributed by atoms with Crippen molar-refractivity contribution in [3.63, 3.8) is 0 Å². The van der Waals surface area contributed by atoms with E-state index in [0.717, 1.165) is 18.5 Å². The number of halogens is 1. The number of aromatic amines is 1. The molecule has 0 unspecified atom stereocenters. The Bertz CT molecular complexity index is 1060. The van der Waals surface area contributed by atoms with Crippen LogP contribution in [0.4, 0.5) is 0 Å². The van der Waals surface area contributed by atoms with Crippen molar-refractivity contribution in [2.24, 2.45) is 0 Å². The van der Waals surface area contributed by atoms with Gasteiger partial charge in [0.05, 0.1) is 4.90 Å². The monoisotopic (exact) mass is 455 g/mol. The number of hydrogen-bond acceptors (Lipinski definition) is 4. The van der Waals surface area contributed by atoms with Gasteiger partial charge in [0.2, 0.25) is 10.0 Å². The predicted octanol–water partition coefficient (Wildman–Crippen LogP) is 1.89. The zero-order chi connectivity index (χ0) is 19.6. The summed E-state index contributed by atoms with van der Waals surface area (Å²) in [5.41, 5.74) is 0.780. The number of benzene rings is 1. The molecule has 146 valence electrons. The van der Waals surface area contributed by atoms with Gasteiger partial charge in [-0.1, -0.05) is 22.0 Å². The molecule has 0 atom stereocenters. The summed E-state index contributed by atoms with van der Waals surface area (Å²) in [4.78, 5) is 26.8. The van der Waals surface area contributed by atoms with Crippen LogP contribution >= 0.6 is 15.9 Å². The fraction of sp³-hybridized carbons (Fsp3) is 0.444. The third-order valence-electron chi connectivity index (χ3n) is 4.86. The zero-order valence-electron chi connectivity index (χ0n) is 15.1. The van der Waals surface area contributed by atoms with E-state index in [0.29, 0.717) is 35.8 Å². The van der Waals surface area contributed by atoms with E-state index in [1.54, 1.807) is 28.8 Å². The average Bonchev–Trinajstić information content (AvgIpc) is 2.64. The van der Waals surface area contributed by atoms with Crippen molar-refractivity contribution in [3.05, 3.63) is 60.8 Å². The molecule has 0 radical (unpaired) electrons. The van der Waals surface area contributed by atoms with Gasteiger partial charge in [0.1, 0.15) is 0 Å². The van der Waals surface area contributed by atoms with Crippen molar-refractivity contribution < 1.29 is 8.42 Å². The number of sulfonamides is 1. The lowest BCUT2D eigenvalue weighted by molar-refractivity contribution is 0.435. The molecule has 0 saturated heterocycles. The SMILES string of the molecule is CN(CCCn1c2c(c(=O)[nH]c1=O)CCCC2)S(=O)(=O)c1cccc(Br)c1. The van der Waals surface area contributed by atoms with Crippen molar-refractivity contribution in [2.45, 2.75) is 43.5 Å². The second-order valence-corrected chi connectivity index (χ2v) is 9.64. The summed E-state index contributed by atoms with van der Waals surface area (Å²) in [6.07, 6.45) is 3.76. The Labute approximate surface area is 166 Å². The Morgan fingerprint density at radius 2 is 1.96 bits per heavy atom. The molecule has 1 N–H and O–H groups in total. The van der Waals surface area contributed by atoms with Crippen molar-refractivity contribution >= 4 is 26.0 Å². The minimum atomic E-state index is -3.59. The van der Waals surface area contributed by atoms with Crippen LogP contribution in [0.25, 0.3) is 0 Å². The normalized spacial score (nSPS) is 14.3. The van der Waals surface area contributed by atoms with E-state index in [4.69, 9.17) is 0 Å². The van der Waals surface area contributed by atoms with Crippen LogP contribution in [-0.2, 0) is 29.4 Å². The molecule has 0 amide bonds. The van der Waals surface area contributed by atoms with E-state index in [1.165, 1.54) is 11.4 Å². The molecule has 27 heavy (non-hydrogen) atoms. The minimum Gasteiger partial charge on any atom is -0.297 e. The fourth-order valence-electron chi connectivity index (χ4n) is 3.41. The number of hydrogen-bond donors (Lipinski definition) is 1. The van der Waals surface area contributed by atoms with Crippen LogP contribution in [0.5, 0.6) is 0 Å². The van der Waals surface area contributed by atoms with Gasteiger partial charge in [-0.3, -0.25) is 14.3 Å². The van der Waals surface area contributed by atoms with Gasteiger partial charge in [0, 0.05) is 35.9 Å². The molecule has 0 aliphatic heterocycles. The molecular formula is C18H22BrN3O4S. The molecule has 0 bridgehead atoms. The van der Waals surface area contributed by atoms with Gasteiger partial charge in [-0.05, 0) is 50.3 Å². The number of aromatic nitrogens is 2. The van der Waals surface area contributed by atoms with Crippen LogP contribution in [0.1, 0.15) is 30.5 Å². The Morgan fingerprint density at radius 3 is 2.70 bits per heavy atom. The predicted molar refractivity (Wildman–Crippen MR) is 107 cm³/mol. The summed E-state index contributed by atoms with van der Waals surface area (Å²) in [7, 11) is -2.06. The first-order chi connectivity index (χ1) is 12.8. The molecule has 0 spiro atoms. The first-order valence-electron chi connectivity index (χ1n) is 8.87. The molecule has 1 aromatic heterocycles. The number of nitrogens with zero attached hydrogens (tertiary/aromatic N) is 2. The van der Waals surface area contributed by atoms with Crippen LogP contribution in [0.3, 0.4) is 0 Å². The molecule has 0 saturated carbocycles. The van der Waals surface area contributed by atoms with E-state index < -0.39 is 15.7 Å². The fourth-order valence-corrected chi connectivity index (χ4v) is 5.22. The molecule has 1 aromatic carbocycles. The van der Waals surface area contributed by atoms with E-state index in [2.05, 4.69) is 20.9 Å². The number of H-pyrrole nitrogens is 1. The Balaban J connectivity index is 1.73. The summed E-state index contributed by atoms with van der Waals surface area (Å²) in [6, 6.07) is 6.57. The lowest BCUT2D eigenvalue weighted by atomic mass is 9.97. The largest absolute Gasteiger partial charge is 0.328 e. The summed E-state index contributed by atoms with van der Waals surface area (Å²) in [6.45, 7) is 0.644. The summed E-state index contributed by atoms with van der Waals surface area (Å²) in [5.74, 6) is 0. The highest BCUT2D eigenvalue weighted by Gasteiger charge is 2.22. The Kier molecular flexibility index (Phi) is 6.02. The highest BCUT2D eigenvalue weighted by Crippen LogP contribution is 2.20. The van der Waals surface area contributed by atoms with Gasteiger partial charge in [0.15, 0.2) is 0 Å². The lowest BCUT2D eigenvalue weighted by Gasteiger charge is -2.21. The quantitative estimate of drug-likeness (QED) is 0.719. The number of rotatable bonds is 6. The molecule has 2 aromatic rings. The van der Waals surface area contributed by atoms with Gasteiger partial charge in [0.25, 0.3) is 5.56 Å². The van der Waals surface area contributed by atoms with Crippen molar-refractivity contribution in [1.82, 2.24) is 13.9 Å². The lowest BCUT2D eigenvalue weighted by Crippen LogP contribution is -2.37. The van der Waals surface area contributed by atoms with Gasteiger partial charge < -0.3 is 0 Å². The van der Waals surface area contributed by atoms with Crippen molar-refractivity contribution in [1.29, 1.82) is 0 Å². The summed E-state index contributed by atoms with van der Waals surface area (Å²) < 4.78 is 28.9. The van der Waals surface area contributed by atoms with Crippen LogP contribution in [0.15, 0.2) is 43.2 Å². The van der Waals surface area contributed by atoms with E-state index in [-0.39, 0.29) is 17.0 Å². The topological polar surface area (TPSA) is 92.2 Å². The Morgan fingerprint density at radius 1 is 1.22 bits per heavy atom. The van der Waals surface area contributed by atoms with E-state index in [1.807, 2.05) is 0 Å². The molecular weight excluding hydrogens is 434 g/mol. The first kappa shape index (κ1) is 20.0. The number of nitrogens with one attached hydrogen (secondary N) is 1. The van der Waals surface area contributed by atoms with Gasteiger partial charge in [-0.15, -0.1) is 0 Å². The van der Waals surface area contributed by atoms with E-state index >= 15 is 0 Å². The standard InChI is InChI=1S/C18H22BrN3O4S/c1-21(27(25,26)14-7-4-6-13(19)12-14)10-5-11-22-16-9-3-2-8-15(16)17(23)20-18(22)24/h4,6-7,12H,2-3,5,8-11H2,1H3,(H,20,23,24). The third kappa shape index (κ3) is 4.25. The van der Waals surface area contributed by atoms with Gasteiger partial charge >= 0.3 is 5.69 Å². The molecule has 1 aliphatic carbocycles. The third-order valence-corrected chi connectivity index (χ3v) is 7.21. The van der Waals surface area contributed by atoms with Crippen LogP contribution < -0.4 is 11.2 Å². The van der Waals surface area contributed by atoms with Crippen LogP contribution in [-0.4, -0.2) is 35.9 Å². The highest BCUT2D eigenvalue weighted by molar-refractivity contribution is 9.10. The molecule has 9 heteroatoms. The summed E-state index contributed by atoms with van der Waals surface area (Å²) >= 11 is 3.29. The van der Waals surface area contributed by atoms with Gasteiger partial charge in [-0.25, -0.2) is 17.5 Å². The smallest absolute Gasteiger partial charge is 0.297 e. The van der Waals surface area contributed by atoms with Crippen molar-refractivity contribution in [3.8, 4) is 0 Å². The zero-order valence-corrected chi connectivity index (χ0v) is 17.5. The maximum atomic E-state index is 12.7. The molecule has 7 nitrogen and oxygen atoms in total. The second kappa shape index (κ2) is 8.12. The average molecular weight is 456 g/mol. The first-order valence-corrected chi connectivity index (χ1v) is 11.1. The van der Waals surface area contributed by atoms with Crippen LogP contribution in [0.2, 0.25) is 0 Å². The van der Waals surface area contributed by atoms with Crippen molar-refractivity contribution in [2.75, 3.05) is 13.6 Å². The maximum Gasteiger partial charge on any atom is 0.328 e. The van der Waals surface area contributed by atoms with E-state index in [9.17, 15) is 18.0 Å².